The Labute approximate surface area is 181 Å². The van der Waals surface area contributed by atoms with Crippen molar-refractivity contribution in [2.24, 2.45) is 0 Å². The predicted molar refractivity (Wildman–Crippen MR) is 110 cm³/mol. The molecule has 1 aliphatic heterocycles. The molecule has 3 aromatic rings. The molecule has 4 rings (SSSR count). The Morgan fingerprint density at radius 1 is 0.828 bits per heavy atom. The van der Waals surface area contributed by atoms with Crippen molar-refractivity contribution < 1.29 is 34.2 Å². The molecule has 1 saturated heterocycles. The van der Waals surface area contributed by atoms with Crippen molar-refractivity contribution in [3.8, 4) is 0 Å². The maximum absolute atomic E-state index is 13.2. The third-order valence-corrected chi connectivity index (χ3v) is 6.95. The molecule has 29 heavy (non-hydrogen) atoms. The fourth-order valence-electron chi connectivity index (χ4n) is 3.08. The van der Waals surface area contributed by atoms with Crippen LogP contribution in [0.25, 0.3) is 0 Å². The zero-order chi connectivity index (χ0) is 20.2. The minimum atomic E-state index is -0.0777. The summed E-state index contributed by atoms with van der Waals surface area (Å²) in [7, 11) is 1.76. The van der Waals surface area contributed by atoms with E-state index in [4.69, 9.17) is 0 Å². The van der Waals surface area contributed by atoms with E-state index < -0.39 is 0 Å². The number of halogens is 1. The number of quaternary nitrogens is 1. The number of nitrogens with zero attached hydrogens (tertiary/aromatic N) is 2. The molecule has 5 nitrogen and oxygen atoms in total. The summed E-state index contributed by atoms with van der Waals surface area (Å²) in [6, 6.07) is 26.2. The number of carbonyl (C=O) groups excluding carboxylic acids is 2. The van der Waals surface area contributed by atoms with Crippen molar-refractivity contribution >= 4 is 23.2 Å². The monoisotopic (exact) mass is 499 g/mol. The molecule has 0 radical (unpaired) electrons. The van der Waals surface area contributed by atoms with Gasteiger partial charge in [0.05, 0.1) is 0 Å². The first kappa shape index (κ1) is 19.6. The van der Waals surface area contributed by atoms with Crippen molar-refractivity contribution in [2.75, 3.05) is 28.1 Å². The Bertz CT molecular complexity index is 1010. The van der Waals surface area contributed by atoms with E-state index in [1.54, 1.807) is 24.1 Å². The summed E-state index contributed by atoms with van der Waals surface area (Å²) in [4.78, 5) is 29.5. The summed E-state index contributed by atoms with van der Waals surface area (Å²) in [6.07, 6.45) is 0. The van der Waals surface area contributed by atoms with Crippen LogP contribution in [-0.2, 0) is 0 Å². The number of anilines is 2. The van der Waals surface area contributed by atoms with Crippen LogP contribution in [0.4, 0.5) is 11.4 Å². The molecule has 1 heterocycles. The third kappa shape index (κ3) is 4.65. The maximum atomic E-state index is 13.2. The molecule has 1 unspecified atom stereocenters. The van der Waals surface area contributed by atoms with Crippen molar-refractivity contribution in [2.45, 2.75) is 0 Å². The van der Waals surface area contributed by atoms with E-state index in [9.17, 15) is 9.59 Å². The normalized spacial score (nSPS) is 15.1. The van der Waals surface area contributed by atoms with Crippen LogP contribution in [-0.4, -0.2) is 30.1 Å². The van der Waals surface area contributed by atoms with E-state index in [-0.39, 0.29) is 33.3 Å². The van der Waals surface area contributed by atoms with Gasteiger partial charge in [-0.25, -0.2) is 0 Å². The molecule has 0 saturated carbocycles. The first-order chi connectivity index (χ1) is 14.1. The SMILES string of the molecule is CN(C(=O)c1ccccc1)c1cccc(N(C[NH+]2C[I-]2)C(=O)c2ccccc2)c1. The van der Waals surface area contributed by atoms with E-state index in [0.29, 0.717) is 17.8 Å². The minimum absolute atomic E-state index is 0.0109. The second kappa shape index (κ2) is 8.75. The predicted octanol–water partition coefficient (Wildman–Crippen LogP) is -0.572. The molecular weight excluding hydrogens is 477 g/mol. The van der Waals surface area contributed by atoms with Crippen LogP contribution in [0.3, 0.4) is 0 Å². The van der Waals surface area contributed by atoms with Gasteiger partial charge in [-0.1, -0.05) is 0 Å². The molecule has 0 bridgehead atoms. The van der Waals surface area contributed by atoms with E-state index >= 15 is 0 Å². The summed E-state index contributed by atoms with van der Waals surface area (Å²) in [5, 5.41) is 0. The van der Waals surface area contributed by atoms with Gasteiger partial charge in [0.15, 0.2) is 0 Å². The Hall–Kier alpha value is -2.71. The van der Waals surface area contributed by atoms with Gasteiger partial charge in [0.1, 0.15) is 0 Å². The van der Waals surface area contributed by atoms with Gasteiger partial charge in [0.25, 0.3) is 0 Å². The summed E-state index contributed by atoms with van der Waals surface area (Å²) in [6.45, 7) is 0.667. The molecule has 6 heteroatoms. The average molecular weight is 499 g/mol. The molecular formula is C23H22IN3O2. The van der Waals surface area contributed by atoms with Crippen molar-refractivity contribution in [1.29, 1.82) is 0 Å². The van der Waals surface area contributed by atoms with Gasteiger partial charge >= 0.3 is 181 Å². The molecule has 1 aliphatic rings. The first-order valence-corrected chi connectivity index (χ1v) is 12.0. The second-order valence-electron chi connectivity index (χ2n) is 6.79. The fourth-order valence-corrected chi connectivity index (χ4v) is 4.17. The van der Waals surface area contributed by atoms with Crippen LogP contribution in [0, 0.1) is 0 Å². The number of hydrogen-bond acceptors (Lipinski definition) is 2. The number of rotatable bonds is 6. The Morgan fingerprint density at radius 2 is 1.38 bits per heavy atom. The third-order valence-electron chi connectivity index (χ3n) is 4.77. The summed E-state index contributed by atoms with van der Waals surface area (Å²) >= 11 is 0.149. The van der Waals surface area contributed by atoms with Gasteiger partial charge in [-0.2, -0.15) is 0 Å². The topological polar surface area (TPSA) is 45.1 Å². The van der Waals surface area contributed by atoms with E-state index in [2.05, 4.69) is 0 Å². The van der Waals surface area contributed by atoms with Crippen molar-refractivity contribution in [3.05, 3.63) is 96.1 Å². The van der Waals surface area contributed by atoms with Crippen LogP contribution < -0.4 is 34.4 Å². The Balaban J connectivity index is 1.62. The zero-order valence-corrected chi connectivity index (χ0v) is 18.2. The number of hydrogen-bond donors (Lipinski definition) is 1. The molecule has 0 aromatic heterocycles. The van der Waals surface area contributed by atoms with Gasteiger partial charge in [0, 0.05) is 0 Å². The zero-order valence-electron chi connectivity index (χ0n) is 16.1. The van der Waals surface area contributed by atoms with Gasteiger partial charge in [-0.05, 0) is 0 Å². The summed E-state index contributed by atoms with van der Waals surface area (Å²) in [5.74, 6) is -0.0886. The Morgan fingerprint density at radius 3 is 1.97 bits per heavy atom. The average Bonchev–Trinajstić information content (AvgIpc) is 3.61. The Kier molecular flexibility index (Phi) is 5.92. The van der Waals surface area contributed by atoms with Crippen LogP contribution in [0.2, 0.25) is 0 Å². The van der Waals surface area contributed by atoms with Gasteiger partial charge in [0.2, 0.25) is 0 Å². The molecule has 0 aliphatic carbocycles. The molecule has 3 aromatic carbocycles. The number of benzene rings is 3. The van der Waals surface area contributed by atoms with Crippen LogP contribution in [0.1, 0.15) is 20.7 Å². The molecule has 1 fully saturated rings. The van der Waals surface area contributed by atoms with E-state index in [0.717, 1.165) is 11.4 Å². The van der Waals surface area contributed by atoms with Crippen molar-refractivity contribution in [1.82, 2.24) is 0 Å². The van der Waals surface area contributed by atoms with Gasteiger partial charge < -0.3 is 0 Å². The van der Waals surface area contributed by atoms with Crippen LogP contribution in [0.15, 0.2) is 84.9 Å². The summed E-state index contributed by atoms with van der Waals surface area (Å²) < 4.78 is 2.66. The number of amides is 2. The standard InChI is InChI=1S/C23H22IN3O2/c1-25(22(28)18-9-4-2-5-10-18)20-13-8-14-21(15-20)27(17-26-16-24-26)23(29)19-11-6-3-7-12-19/h2-15,26H,16-17H2,1H3. The van der Waals surface area contributed by atoms with Crippen LogP contribution in [0.5, 0.6) is 0 Å². The fraction of sp³-hybridized carbons (Fsp3) is 0.130. The van der Waals surface area contributed by atoms with Crippen LogP contribution >= 0.6 is 0 Å². The van der Waals surface area contributed by atoms with Gasteiger partial charge in [-0.15, -0.1) is 0 Å². The second-order valence-corrected chi connectivity index (χ2v) is 9.84. The quantitative estimate of drug-likeness (QED) is 0.162. The molecule has 1 atom stereocenters. The van der Waals surface area contributed by atoms with Crippen molar-refractivity contribution in [3.63, 3.8) is 0 Å². The van der Waals surface area contributed by atoms with E-state index in [1.165, 1.54) is 7.66 Å². The first-order valence-electron chi connectivity index (χ1n) is 9.37. The molecule has 0 spiro atoms. The number of alkyl halides is 1. The molecule has 1 N–H and O–H groups in total. The number of carbonyl (C=O) groups is 2. The summed E-state index contributed by atoms with van der Waals surface area (Å²) in [5.41, 5.74) is 2.88. The van der Waals surface area contributed by atoms with Gasteiger partial charge in [-0.3, -0.25) is 0 Å². The molecule has 2 amide bonds. The molecule has 148 valence electrons. The van der Waals surface area contributed by atoms with E-state index in [1.807, 2.05) is 77.7 Å². The number of nitrogens with one attached hydrogen (secondary N) is 1.